The molecule has 1 aromatic rings. The van der Waals surface area contributed by atoms with Crippen LogP contribution in [0.3, 0.4) is 0 Å². The molecule has 2 rings (SSSR count). The van der Waals surface area contributed by atoms with Gasteiger partial charge in [-0.1, -0.05) is 32.9 Å². The first-order valence-electron chi connectivity index (χ1n) is 7.88. The Bertz CT molecular complexity index is 563. The van der Waals surface area contributed by atoms with Gasteiger partial charge in [0.1, 0.15) is 6.23 Å². The Morgan fingerprint density at radius 1 is 1.39 bits per heavy atom. The van der Waals surface area contributed by atoms with Crippen LogP contribution in [0.15, 0.2) is 41.4 Å². The zero-order chi connectivity index (χ0) is 17.0. The van der Waals surface area contributed by atoms with Crippen molar-refractivity contribution in [2.24, 2.45) is 5.73 Å². The van der Waals surface area contributed by atoms with E-state index in [2.05, 4.69) is 45.0 Å². The van der Waals surface area contributed by atoms with Crippen molar-refractivity contribution in [3.05, 3.63) is 42.1 Å². The third kappa shape index (κ3) is 5.29. The molecule has 2 N–H and O–H groups in total. The van der Waals surface area contributed by atoms with E-state index in [0.29, 0.717) is 0 Å². The molecule has 2 unspecified atom stereocenters. The molecule has 0 aromatic heterocycles. The molecule has 1 aromatic carbocycles. The Labute approximate surface area is 143 Å². The van der Waals surface area contributed by atoms with Gasteiger partial charge in [-0.25, -0.2) is 0 Å². The van der Waals surface area contributed by atoms with Gasteiger partial charge in [0.05, 0.1) is 6.10 Å². The fraction of sp³-hybridized carbons (Fsp3) is 0.500. The molecule has 1 fully saturated rings. The van der Waals surface area contributed by atoms with Crippen LogP contribution < -0.4 is 5.73 Å². The standard InChI is InChI=1S/C18H26N2O2S/c1-13-20(10-9-17(19)21)11-15(22-13)12-23-16-7-5-14(6-8-16)18(2,3)4/h5-10,13,15H,11-12H2,1-4H3,(H2,19,21)/b10-9-. The number of carbonyl (C=O) groups excluding carboxylic acids is 1. The van der Waals surface area contributed by atoms with Gasteiger partial charge in [-0.05, 0) is 30.0 Å². The minimum Gasteiger partial charge on any atom is -0.366 e. The molecule has 0 spiro atoms. The summed E-state index contributed by atoms with van der Waals surface area (Å²) < 4.78 is 5.91. The lowest BCUT2D eigenvalue weighted by Crippen LogP contribution is -2.23. The first kappa shape index (κ1) is 17.9. The van der Waals surface area contributed by atoms with Gasteiger partial charge in [0, 0.05) is 29.5 Å². The molecule has 0 aliphatic carbocycles. The summed E-state index contributed by atoms with van der Waals surface area (Å²) in [7, 11) is 0. The van der Waals surface area contributed by atoms with E-state index in [9.17, 15) is 4.79 Å². The molecule has 1 aliphatic heterocycles. The topological polar surface area (TPSA) is 55.6 Å². The van der Waals surface area contributed by atoms with Crippen molar-refractivity contribution in [2.75, 3.05) is 12.3 Å². The maximum Gasteiger partial charge on any atom is 0.242 e. The normalized spacial score (nSPS) is 22.0. The Morgan fingerprint density at radius 3 is 2.61 bits per heavy atom. The number of hydrogen-bond acceptors (Lipinski definition) is 4. The lowest BCUT2D eigenvalue weighted by Gasteiger charge is -2.19. The van der Waals surface area contributed by atoms with Crippen molar-refractivity contribution in [3.8, 4) is 0 Å². The van der Waals surface area contributed by atoms with Crippen LogP contribution in [0.25, 0.3) is 0 Å². The number of benzene rings is 1. The summed E-state index contributed by atoms with van der Waals surface area (Å²) in [5.41, 5.74) is 6.65. The van der Waals surface area contributed by atoms with Crippen LogP contribution >= 0.6 is 11.8 Å². The fourth-order valence-electron chi connectivity index (χ4n) is 2.47. The van der Waals surface area contributed by atoms with Crippen molar-refractivity contribution >= 4 is 17.7 Å². The third-order valence-corrected chi connectivity index (χ3v) is 5.00. The number of rotatable bonds is 5. The maximum absolute atomic E-state index is 10.8. The fourth-order valence-corrected chi connectivity index (χ4v) is 3.36. The number of nitrogens with two attached hydrogens (primary N) is 1. The zero-order valence-electron chi connectivity index (χ0n) is 14.3. The average Bonchev–Trinajstić information content (AvgIpc) is 2.83. The Hall–Kier alpha value is -1.46. The molecule has 0 saturated carbocycles. The first-order chi connectivity index (χ1) is 10.8. The molecular formula is C18H26N2O2S. The van der Waals surface area contributed by atoms with Gasteiger partial charge in [0.25, 0.3) is 0 Å². The summed E-state index contributed by atoms with van der Waals surface area (Å²) in [5, 5.41) is 0. The third-order valence-electron chi connectivity index (χ3n) is 3.86. The van der Waals surface area contributed by atoms with E-state index in [1.54, 1.807) is 18.0 Å². The Kier molecular flexibility index (Phi) is 5.76. The lowest BCUT2D eigenvalue weighted by atomic mass is 9.87. The van der Waals surface area contributed by atoms with Gasteiger partial charge in [-0.2, -0.15) is 0 Å². The van der Waals surface area contributed by atoms with Gasteiger partial charge < -0.3 is 15.4 Å². The summed E-state index contributed by atoms with van der Waals surface area (Å²) in [5.74, 6) is 0.453. The van der Waals surface area contributed by atoms with Crippen LogP contribution in [0.2, 0.25) is 0 Å². The molecule has 2 atom stereocenters. The van der Waals surface area contributed by atoms with Crippen LogP contribution in [-0.2, 0) is 14.9 Å². The minimum absolute atomic E-state index is 0.0283. The van der Waals surface area contributed by atoms with Gasteiger partial charge in [-0.15, -0.1) is 11.8 Å². The number of amides is 1. The summed E-state index contributed by atoms with van der Waals surface area (Å²) in [6.07, 6.45) is 3.21. The summed E-state index contributed by atoms with van der Waals surface area (Å²) in [6.45, 7) is 9.41. The van der Waals surface area contributed by atoms with E-state index in [1.165, 1.54) is 16.5 Å². The van der Waals surface area contributed by atoms with Crippen molar-refractivity contribution in [1.82, 2.24) is 4.90 Å². The molecule has 0 radical (unpaired) electrons. The van der Waals surface area contributed by atoms with Crippen LogP contribution in [0.5, 0.6) is 0 Å². The number of thioether (sulfide) groups is 1. The minimum atomic E-state index is -0.436. The molecule has 126 valence electrons. The second-order valence-corrected chi connectivity index (χ2v) is 7.95. The molecule has 23 heavy (non-hydrogen) atoms. The van der Waals surface area contributed by atoms with E-state index >= 15 is 0 Å². The van der Waals surface area contributed by atoms with Crippen molar-refractivity contribution in [1.29, 1.82) is 0 Å². The monoisotopic (exact) mass is 334 g/mol. The van der Waals surface area contributed by atoms with E-state index in [4.69, 9.17) is 10.5 Å². The highest BCUT2D eigenvalue weighted by atomic mass is 32.2. The SMILES string of the molecule is CC1OC(CSc2ccc(C(C)(C)C)cc2)CN1/C=C\C(N)=O. The average molecular weight is 334 g/mol. The predicted octanol–water partition coefficient (Wildman–Crippen LogP) is 3.12. The highest BCUT2D eigenvalue weighted by Crippen LogP contribution is 2.27. The van der Waals surface area contributed by atoms with Crippen LogP contribution in [0.1, 0.15) is 33.3 Å². The number of ether oxygens (including phenoxy) is 1. The largest absolute Gasteiger partial charge is 0.366 e. The van der Waals surface area contributed by atoms with Gasteiger partial charge in [-0.3, -0.25) is 4.79 Å². The highest BCUT2D eigenvalue weighted by molar-refractivity contribution is 7.99. The number of hydrogen-bond donors (Lipinski definition) is 1. The number of nitrogens with zero attached hydrogens (tertiary/aromatic N) is 1. The second kappa shape index (κ2) is 7.41. The summed E-state index contributed by atoms with van der Waals surface area (Å²) in [6, 6.07) is 8.74. The summed E-state index contributed by atoms with van der Waals surface area (Å²) >= 11 is 1.80. The Morgan fingerprint density at radius 2 is 2.04 bits per heavy atom. The van der Waals surface area contributed by atoms with E-state index < -0.39 is 5.91 Å². The number of primary amides is 1. The lowest BCUT2D eigenvalue weighted by molar-refractivity contribution is -0.113. The van der Waals surface area contributed by atoms with Gasteiger partial charge >= 0.3 is 0 Å². The van der Waals surface area contributed by atoms with E-state index in [1.807, 2.05) is 11.8 Å². The van der Waals surface area contributed by atoms with Crippen molar-refractivity contribution < 1.29 is 9.53 Å². The van der Waals surface area contributed by atoms with Crippen LogP contribution in [0.4, 0.5) is 0 Å². The van der Waals surface area contributed by atoms with Crippen LogP contribution in [0, 0.1) is 0 Å². The Balaban J connectivity index is 1.86. The molecule has 1 amide bonds. The number of carbonyl (C=O) groups is 1. The molecule has 5 heteroatoms. The maximum atomic E-state index is 10.8. The molecule has 4 nitrogen and oxygen atoms in total. The smallest absolute Gasteiger partial charge is 0.242 e. The molecule has 1 aliphatic rings. The molecule has 1 heterocycles. The highest BCUT2D eigenvalue weighted by Gasteiger charge is 2.27. The van der Waals surface area contributed by atoms with E-state index in [-0.39, 0.29) is 17.7 Å². The van der Waals surface area contributed by atoms with Crippen molar-refractivity contribution in [2.45, 2.75) is 50.3 Å². The van der Waals surface area contributed by atoms with Gasteiger partial charge in [0.2, 0.25) is 5.91 Å². The molecule has 1 saturated heterocycles. The predicted molar refractivity (Wildman–Crippen MR) is 95.2 cm³/mol. The second-order valence-electron chi connectivity index (χ2n) is 6.86. The molecular weight excluding hydrogens is 308 g/mol. The quantitative estimate of drug-likeness (QED) is 0.664. The molecule has 0 bridgehead atoms. The zero-order valence-corrected chi connectivity index (χ0v) is 15.1. The van der Waals surface area contributed by atoms with Crippen LogP contribution in [-0.4, -0.2) is 35.4 Å². The first-order valence-corrected chi connectivity index (χ1v) is 8.86. The van der Waals surface area contributed by atoms with E-state index in [0.717, 1.165) is 12.3 Å². The summed E-state index contributed by atoms with van der Waals surface area (Å²) in [4.78, 5) is 14.1. The van der Waals surface area contributed by atoms with Gasteiger partial charge in [0.15, 0.2) is 0 Å². The van der Waals surface area contributed by atoms with Crippen molar-refractivity contribution in [3.63, 3.8) is 0 Å².